The van der Waals surface area contributed by atoms with Crippen molar-refractivity contribution in [3.8, 4) is 0 Å². The van der Waals surface area contributed by atoms with Crippen LogP contribution in [0.5, 0.6) is 0 Å². The van der Waals surface area contributed by atoms with E-state index < -0.39 is 29.2 Å². The third kappa shape index (κ3) is 2.56. The van der Waals surface area contributed by atoms with Gasteiger partial charge < -0.3 is 10.0 Å². The van der Waals surface area contributed by atoms with Crippen molar-refractivity contribution < 1.29 is 27.5 Å². The van der Waals surface area contributed by atoms with Gasteiger partial charge in [-0.1, -0.05) is 6.07 Å². The summed E-state index contributed by atoms with van der Waals surface area (Å²) in [6.07, 6.45) is -4.80. The summed E-state index contributed by atoms with van der Waals surface area (Å²) in [7, 11) is 0. The molecule has 104 valence electrons. The number of hydrogen-bond acceptors (Lipinski definition) is 2. The molecular formula is C12H11F4NO2. The third-order valence-corrected chi connectivity index (χ3v) is 3.04. The molecule has 19 heavy (non-hydrogen) atoms. The average Bonchev–Trinajstić information content (AvgIpc) is 2.69. The van der Waals surface area contributed by atoms with E-state index in [4.69, 9.17) is 5.11 Å². The van der Waals surface area contributed by atoms with E-state index in [0.29, 0.717) is 6.07 Å². The fourth-order valence-corrected chi connectivity index (χ4v) is 2.08. The number of carbonyl (C=O) groups excluding carboxylic acids is 1. The van der Waals surface area contributed by atoms with E-state index >= 15 is 0 Å². The van der Waals surface area contributed by atoms with Crippen molar-refractivity contribution in [3.05, 3.63) is 29.6 Å². The summed E-state index contributed by atoms with van der Waals surface area (Å²) in [5.74, 6) is -2.32. The standard InChI is InChI=1S/C12H11F4NO2/c13-11-8(12(14,15)16)2-1-3-9(11)17-5-7(6-18)4-10(17)19/h1-3,7,18H,4-6H2. The number of hydrogen-bond donors (Lipinski definition) is 1. The summed E-state index contributed by atoms with van der Waals surface area (Å²) >= 11 is 0. The molecule has 1 saturated heterocycles. The van der Waals surface area contributed by atoms with Crippen molar-refractivity contribution in [3.63, 3.8) is 0 Å². The van der Waals surface area contributed by atoms with E-state index in [9.17, 15) is 22.4 Å². The zero-order valence-corrected chi connectivity index (χ0v) is 9.75. The number of halogens is 4. The van der Waals surface area contributed by atoms with Gasteiger partial charge in [-0.15, -0.1) is 0 Å². The van der Waals surface area contributed by atoms with Crippen LogP contribution in [0.1, 0.15) is 12.0 Å². The van der Waals surface area contributed by atoms with E-state index in [1.807, 2.05) is 0 Å². The summed E-state index contributed by atoms with van der Waals surface area (Å²) in [5, 5.41) is 8.95. The molecule has 3 nitrogen and oxygen atoms in total. The number of rotatable bonds is 2. The van der Waals surface area contributed by atoms with Crippen molar-refractivity contribution in [2.75, 3.05) is 18.1 Å². The molecule has 1 aromatic carbocycles. The number of anilines is 1. The van der Waals surface area contributed by atoms with Gasteiger partial charge in [0.25, 0.3) is 0 Å². The summed E-state index contributed by atoms with van der Waals surface area (Å²) in [5.41, 5.74) is -1.79. The van der Waals surface area contributed by atoms with Crippen molar-refractivity contribution >= 4 is 11.6 Å². The molecular weight excluding hydrogens is 266 g/mol. The molecule has 1 aromatic rings. The zero-order chi connectivity index (χ0) is 14.2. The van der Waals surface area contributed by atoms with Gasteiger partial charge in [0.2, 0.25) is 5.91 Å². The number of aliphatic hydroxyl groups excluding tert-OH is 1. The summed E-state index contributed by atoms with van der Waals surface area (Å²) in [4.78, 5) is 12.6. The summed E-state index contributed by atoms with van der Waals surface area (Å²) in [6.45, 7) is -0.240. The number of alkyl halides is 3. The zero-order valence-electron chi connectivity index (χ0n) is 9.75. The van der Waals surface area contributed by atoms with Crippen LogP contribution in [0.25, 0.3) is 0 Å². The van der Waals surface area contributed by atoms with Crippen LogP contribution in [-0.2, 0) is 11.0 Å². The third-order valence-electron chi connectivity index (χ3n) is 3.04. The molecule has 1 aliphatic heterocycles. The largest absolute Gasteiger partial charge is 0.419 e. The Morgan fingerprint density at radius 1 is 1.37 bits per heavy atom. The first-order valence-corrected chi connectivity index (χ1v) is 5.61. The van der Waals surface area contributed by atoms with Crippen molar-refractivity contribution in [2.45, 2.75) is 12.6 Å². The Kier molecular flexibility index (Phi) is 3.49. The second-order valence-electron chi connectivity index (χ2n) is 4.39. The van der Waals surface area contributed by atoms with Gasteiger partial charge in [0.1, 0.15) is 0 Å². The maximum absolute atomic E-state index is 13.8. The van der Waals surface area contributed by atoms with E-state index in [1.54, 1.807) is 0 Å². The van der Waals surface area contributed by atoms with Gasteiger partial charge in [0.05, 0.1) is 11.3 Å². The first kappa shape index (κ1) is 13.8. The molecule has 1 aliphatic rings. The van der Waals surface area contributed by atoms with Crippen LogP contribution in [0.3, 0.4) is 0 Å². The second kappa shape index (κ2) is 4.80. The number of benzene rings is 1. The highest BCUT2D eigenvalue weighted by Gasteiger charge is 2.38. The lowest BCUT2D eigenvalue weighted by Crippen LogP contribution is -2.27. The van der Waals surface area contributed by atoms with Gasteiger partial charge >= 0.3 is 6.18 Å². The maximum Gasteiger partial charge on any atom is 0.419 e. The summed E-state index contributed by atoms with van der Waals surface area (Å²) in [6, 6.07) is 2.81. The molecule has 1 unspecified atom stereocenters. The van der Waals surface area contributed by atoms with Crippen LogP contribution in [0.15, 0.2) is 18.2 Å². The Hall–Kier alpha value is -1.63. The van der Waals surface area contributed by atoms with Crippen LogP contribution >= 0.6 is 0 Å². The van der Waals surface area contributed by atoms with Crippen molar-refractivity contribution in [2.24, 2.45) is 5.92 Å². The smallest absolute Gasteiger partial charge is 0.396 e. The number of nitrogens with zero attached hydrogens (tertiary/aromatic N) is 1. The predicted octanol–water partition coefficient (Wildman–Crippen LogP) is 2.19. The lowest BCUT2D eigenvalue weighted by Gasteiger charge is -2.19. The molecule has 0 radical (unpaired) electrons. The molecule has 0 saturated carbocycles. The first-order chi connectivity index (χ1) is 8.84. The minimum absolute atomic E-state index is 0.00614. The quantitative estimate of drug-likeness (QED) is 0.842. The van der Waals surface area contributed by atoms with Gasteiger partial charge in [-0.2, -0.15) is 13.2 Å². The molecule has 1 fully saturated rings. The van der Waals surface area contributed by atoms with Crippen LogP contribution in [0.4, 0.5) is 23.2 Å². The minimum atomic E-state index is -4.81. The SMILES string of the molecule is O=C1CC(CO)CN1c1cccc(C(F)(F)F)c1F. The molecule has 1 atom stereocenters. The molecule has 1 N–H and O–H groups in total. The van der Waals surface area contributed by atoms with Crippen molar-refractivity contribution in [1.82, 2.24) is 0 Å². The molecule has 0 spiro atoms. The number of carbonyl (C=O) groups is 1. The molecule has 1 amide bonds. The first-order valence-electron chi connectivity index (χ1n) is 5.61. The minimum Gasteiger partial charge on any atom is -0.396 e. The van der Waals surface area contributed by atoms with Crippen LogP contribution in [0, 0.1) is 11.7 Å². The van der Waals surface area contributed by atoms with E-state index in [0.717, 1.165) is 17.0 Å². The highest BCUT2D eigenvalue weighted by molar-refractivity contribution is 5.96. The fourth-order valence-electron chi connectivity index (χ4n) is 2.08. The van der Waals surface area contributed by atoms with E-state index in [-0.39, 0.29) is 25.5 Å². The molecule has 0 bridgehead atoms. The average molecular weight is 277 g/mol. The van der Waals surface area contributed by atoms with Gasteiger partial charge in [-0.05, 0) is 12.1 Å². The van der Waals surface area contributed by atoms with Crippen LogP contribution in [-0.4, -0.2) is 24.2 Å². The van der Waals surface area contributed by atoms with Gasteiger partial charge in [0, 0.05) is 25.5 Å². The lowest BCUT2D eigenvalue weighted by atomic mass is 10.1. The maximum atomic E-state index is 13.8. The van der Waals surface area contributed by atoms with Crippen LogP contribution < -0.4 is 4.90 Å². The monoisotopic (exact) mass is 277 g/mol. The summed E-state index contributed by atoms with van der Waals surface area (Å²) < 4.78 is 51.6. The second-order valence-corrected chi connectivity index (χ2v) is 4.39. The molecule has 0 aromatic heterocycles. The Morgan fingerprint density at radius 2 is 2.05 bits per heavy atom. The highest BCUT2D eigenvalue weighted by atomic mass is 19.4. The Balaban J connectivity index is 2.39. The van der Waals surface area contributed by atoms with Crippen molar-refractivity contribution in [1.29, 1.82) is 0 Å². The van der Waals surface area contributed by atoms with Gasteiger partial charge in [-0.25, -0.2) is 4.39 Å². The topological polar surface area (TPSA) is 40.5 Å². The number of aliphatic hydroxyl groups is 1. The van der Waals surface area contributed by atoms with E-state index in [2.05, 4.69) is 0 Å². The molecule has 2 rings (SSSR count). The Labute approximate surface area is 106 Å². The van der Waals surface area contributed by atoms with Crippen LogP contribution in [0.2, 0.25) is 0 Å². The fraction of sp³-hybridized carbons (Fsp3) is 0.417. The lowest BCUT2D eigenvalue weighted by molar-refractivity contribution is -0.140. The van der Waals surface area contributed by atoms with Gasteiger partial charge in [0.15, 0.2) is 5.82 Å². The number of amides is 1. The van der Waals surface area contributed by atoms with Gasteiger partial charge in [-0.3, -0.25) is 4.79 Å². The molecule has 1 heterocycles. The van der Waals surface area contributed by atoms with E-state index in [1.165, 1.54) is 0 Å². The highest BCUT2D eigenvalue weighted by Crippen LogP contribution is 2.36. The Bertz CT molecular complexity index is 501. The Morgan fingerprint density at radius 3 is 2.58 bits per heavy atom. The predicted molar refractivity (Wildman–Crippen MR) is 58.9 cm³/mol. The molecule has 0 aliphatic carbocycles. The normalized spacial score (nSPS) is 20.2. The molecule has 7 heteroatoms.